The highest BCUT2D eigenvalue weighted by molar-refractivity contribution is 5.31. The second kappa shape index (κ2) is 6.27. The summed E-state index contributed by atoms with van der Waals surface area (Å²) in [7, 11) is 0. The summed E-state index contributed by atoms with van der Waals surface area (Å²) < 4.78 is 0. The maximum atomic E-state index is 10.2. The third-order valence-corrected chi connectivity index (χ3v) is 8.79. The third-order valence-electron chi connectivity index (χ3n) is 8.79. The van der Waals surface area contributed by atoms with Crippen LogP contribution in [0.4, 0.5) is 0 Å². The van der Waals surface area contributed by atoms with E-state index in [1.54, 1.807) is 11.1 Å². The first-order chi connectivity index (χ1) is 13.0. The van der Waals surface area contributed by atoms with Crippen molar-refractivity contribution < 1.29 is 5.11 Å². The number of aromatic nitrogens is 2. The summed E-state index contributed by atoms with van der Waals surface area (Å²) in [5, 5.41) is 10.2. The van der Waals surface area contributed by atoms with Crippen LogP contribution in [0.2, 0.25) is 0 Å². The van der Waals surface area contributed by atoms with Gasteiger partial charge in [-0.05, 0) is 79.6 Å². The van der Waals surface area contributed by atoms with Gasteiger partial charge >= 0.3 is 0 Å². The molecule has 2 saturated carbocycles. The molecule has 1 N–H and O–H groups in total. The molecule has 2 fully saturated rings. The van der Waals surface area contributed by atoms with Crippen LogP contribution in [0.1, 0.15) is 64.6 Å². The van der Waals surface area contributed by atoms with Crippen LogP contribution in [-0.4, -0.2) is 21.2 Å². The van der Waals surface area contributed by atoms with Crippen molar-refractivity contribution in [3.05, 3.63) is 47.6 Å². The van der Waals surface area contributed by atoms with E-state index in [2.05, 4.69) is 36.0 Å². The van der Waals surface area contributed by atoms with Gasteiger partial charge in [0, 0.05) is 18.8 Å². The SMILES string of the molecule is C[C@]12CC[C@@H](O)CC1=CC[C@@H]1[C@@H]2CC[C@]2(C)C(Cc3ncccn3)=CC[C@@H]12. The molecule has 27 heavy (non-hydrogen) atoms. The van der Waals surface area contributed by atoms with E-state index < -0.39 is 0 Å². The van der Waals surface area contributed by atoms with E-state index in [1.165, 1.54) is 32.1 Å². The zero-order chi connectivity index (χ0) is 18.6. The van der Waals surface area contributed by atoms with Crippen molar-refractivity contribution in [3.63, 3.8) is 0 Å². The molecule has 0 bridgehead atoms. The minimum atomic E-state index is -0.111. The van der Waals surface area contributed by atoms with Gasteiger partial charge in [-0.15, -0.1) is 0 Å². The van der Waals surface area contributed by atoms with E-state index in [4.69, 9.17) is 0 Å². The molecule has 0 unspecified atom stereocenters. The number of hydrogen-bond donors (Lipinski definition) is 1. The van der Waals surface area contributed by atoms with Gasteiger partial charge in [0.25, 0.3) is 0 Å². The van der Waals surface area contributed by atoms with Crippen molar-refractivity contribution in [1.29, 1.82) is 0 Å². The molecule has 3 heteroatoms. The minimum Gasteiger partial charge on any atom is -0.393 e. The quantitative estimate of drug-likeness (QED) is 0.761. The average Bonchev–Trinajstić information content (AvgIpc) is 3.00. The lowest BCUT2D eigenvalue weighted by Gasteiger charge is -2.57. The Kier molecular flexibility index (Phi) is 4.09. The summed E-state index contributed by atoms with van der Waals surface area (Å²) in [4.78, 5) is 8.96. The molecule has 0 amide bonds. The molecule has 0 aliphatic heterocycles. The fraction of sp³-hybridized carbons (Fsp3) is 0.667. The summed E-state index contributed by atoms with van der Waals surface area (Å²) in [6.45, 7) is 5.02. The zero-order valence-corrected chi connectivity index (χ0v) is 16.7. The van der Waals surface area contributed by atoms with Crippen molar-refractivity contribution in [2.24, 2.45) is 28.6 Å². The summed E-state index contributed by atoms with van der Waals surface area (Å²) in [5.74, 6) is 3.31. The standard InChI is InChI=1S/C24H32N2O/c1-23-10-8-18(27)14-16(23)4-6-19-20-7-5-17(15-22-25-12-3-13-26-22)24(20,2)11-9-21(19)23/h3-5,12-13,18-21,27H,6-11,14-15H2,1-2H3/t18-,19+,20+,21+,23+,24-/m1/s1. The van der Waals surface area contributed by atoms with Crippen LogP contribution in [0.15, 0.2) is 41.8 Å². The molecular formula is C24H32N2O. The molecule has 1 aromatic rings. The van der Waals surface area contributed by atoms with E-state index in [0.29, 0.717) is 10.8 Å². The number of aliphatic hydroxyl groups excluding tert-OH is 1. The normalized spacial score (nSPS) is 43.2. The second-order valence-corrected chi connectivity index (χ2v) is 9.92. The average molecular weight is 365 g/mol. The molecule has 4 aliphatic carbocycles. The van der Waals surface area contributed by atoms with Gasteiger partial charge in [0.1, 0.15) is 5.82 Å². The maximum Gasteiger partial charge on any atom is 0.132 e. The van der Waals surface area contributed by atoms with Gasteiger partial charge in [-0.3, -0.25) is 0 Å². The smallest absolute Gasteiger partial charge is 0.132 e. The lowest BCUT2D eigenvalue weighted by molar-refractivity contribution is -0.0299. The number of hydrogen-bond acceptors (Lipinski definition) is 3. The lowest BCUT2D eigenvalue weighted by atomic mass is 9.47. The lowest BCUT2D eigenvalue weighted by Crippen LogP contribution is -2.50. The first-order valence-electron chi connectivity index (χ1n) is 10.8. The van der Waals surface area contributed by atoms with E-state index in [9.17, 15) is 5.11 Å². The Hall–Kier alpha value is -1.48. The fourth-order valence-electron chi connectivity index (χ4n) is 7.16. The highest BCUT2D eigenvalue weighted by Crippen LogP contribution is 2.65. The maximum absolute atomic E-state index is 10.2. The van der Waals surface area contributed by atoms with Crippen molar-refractivity contribution in [1.82, 2.24) is 9.97 Å². The molecule has 144 valence electrons. The van der Waals surface area contributed by atoms with Crippen LogP contribution in [0.3, 0.4) is 0 Å². The van der Waals surface area contributed by atoms with Crippen molar-refractivity contribution in [2.45, 2.75) is 71.3 Å². The van der Waals surface area contributed by atoms with Crippen LogP contribution >= 0.6 is 0 Å². The molecule has 0 aromatic carbocycles. The van der Waals surface area contributed by atoms with Crippen LogP contribution in [0.5, 0.6) is 0 Å². The van der Waals surface area contributed by atoms with Crippen LogP contribution < -0.4 is 0 Å². The molecule has 1 heterocycles. The van der Waals surface area contributed by atoms with Crippen molar-refractivity contribution in [2.75, 3.05) is 0 Å². The molecule has 4 aliphatic rings. The summed E-state index contributed by atoms with van der Waals surface area (Å²) in [6, 6.07) is 1.90. The number of aliphatic hydroxyl groups is 1. The molecule has 0 spiro atoms. The van der Waals surface area contributed by atoms with E-state index in [-0.39, 0.29) is 6.10 Å². The first-order valence-corrected chi connectivity index (χ1v) is 10.8. The van der Waals surface area contributed by atoms with Gasteiger partial charge in [0.2, 0.25) is 0 Å². The zero-order valence-electron chi connectivity index (χ0n) is 16.7. The van der Waals surface area contributed by atoms with Crippen molar-refractivity contribution in [3.8, 4) is 0 Å². The highest BCUT2D eigenvalue weighted by Gasteiger charge is 2.56. The third kappa shape index (κ3) is 2.65. The van der Waals surface area contributed by atoms with E-state index >= 15 is 0 Å². The first kappa shape index (κ1) is 17.6. The largest absolute Gasteiger partial charge is 0.393 e. The van der Waals surface area contributed by atoms with Gasteiger partial charge in [0.05, 0.1) is 6.10 Å². The van der Waals surface area contributed by atoms with Crippen LogP contribution in [0, 0.1) is 28.6 Å². The Morgan fingerprint density at radius 3 is 2.59 bits per heavy atom. The summed E-state index contributed by atoms with van der Waals surface area (Å²) in [5.41, 5.74) is 3.79. The van der Waals surface area contributed by atoms with Gasteiger partial charge in [-0.2, -0.15) is 0 Å². The number of nitrogens with zero attached hydrogens (tertiary/aromatic N) is 2. The number of rotatable bonds is 2. The summed E-state index contributed by atoms with van der Waals surface area (Å²) in [6.07, 6.45) is 17.7. The molecule has 0 saturated heterocycles. The van der Waals surface area contributed by atoms with Gasteiger partial charge in [-0.25, -0.2) is 9.97 Å². The van der Waals surface area contributed by atoms with E-state index in [1.807, 2.05) is 18.5 Å². The molecule has 3 nitrogen and oxygen atoms in total. The Morgan fingerprint density at radius 2 is 1.78 bits per heavy atom. The predicted molar refractivity (Wildman–Crippen MR) is 107 cm³/mol. The predicted octanol–water partition coefficient (Wildman–Crippen LogP) is 4.88. The molecular weight excluding hydrogens is 332 g/mol. The fourth-order valence-corrected chi connectivity index (χ4v) is 7.16. The monoisotopic (exact) mass is 364 g/mol. The van der Waals surface area contributed by atoms with Gasteiger partial charge < -0.3 is 5.11 Å². The number of allylic oxidation sites excluding steroid dienone is 3. The number of fused-ring (bicyclic) bond motifs is 5. The van der Waals surface area contributed by atoms with Crippen LogP contribution in [-0.2, 0) is 6.42 Å². The molecule has 5 rings (SSSR count). The Labute approximate surface area is 163 Å². The Bertz CT molecular complexity index is 785. The topological polar surface area (TPSA) is 46.0 Å². The van der Waals surface area contributed by atoms with Crippen LogP contribution in [0.25, 0.3) is 0 Å². The Morgan fingerprint density at radius 1 is 1.00 bits per heavy atom. The molecule has 0 radical (unpaired) electrons. The van der Waals surface area contributed by atoms with Crippen molar-refractivity contribution >= 4 is 0 Å². The summed E-state index contributed by atoms with van der Waals surface area (Å²) >= 11 is 0. The molecule has 6 atom stereocenters. The van der Waals surface area contributed by atoms with E-state index in [0.717, 1.165) is 42.8 Å². The van der Waals surface area contributed by atoms with Gasteiger partial charge in [-0.1, -0.05) is 37.1 Å². The highest BCUT2D eigenvalue weighted by atomic mass is 16.3. The second-order valence-electron chi connectivity index (χ2n) is 9.92. The van der Waals surface area contributed by atoms with Gasteiger partial charge in [0.15, 0.2) is 0 Å². The molecule has 1 aromatic heterocycles. The Balaban J connectivity index is 1.41. The minimum absolute atomic E-state index is 0.111.